The zero-order valence-electron chi connectivity index (χ0n) is 49.4. The van der Waals surface area contributed by atoms with Gasteiger partial charge in [0, 0.05) is 78.3 Å². The summed E-state index contributed by atoms with van der Waals surface area (Å²) in [6, 6.07) is 106. The quantitative estimate of drug-likeness (QED) is 0.126. The number of hydrogen-bond acceptors (Lipinski definition) is 7. The summed E-state index contributed by atoms with van der Waals surface area (Å²) in [4.78, 5) is 31.9. The summed E-state index contributed by atoms with van der Waals surface area (Å²) >= 11 is 0. The lowest BCUT2D eigenvalue weighted by Gasteiger charge is -2.44. The van der Waals surface area contributed by atoms with E-state index in [1.165, 1.54) is 61.0 Å². The molecule has 8 nitrogen and oxygen atoms in total. The first-order valence-corrected chi connectivity index (χ1v) is 30.6. The molecule has 90 heavy (non-hydrogen) atoms. The van der Waals surface area contributed by atoms with Crippen molar-refractivity contribution in [2.45, 2.75) is 13.8 Å². The van der Waals surface area contributed by atoms with Crippen LogP contribution in [-0.2, 0) is 0 Å². The second kappa shape index (κ2) is 21.6. The highest BCUT2D eigenvalue weighted by Crippen LogP contribution is 2.45. The number of hydrogen-bond donors (Lipinski definition) is 0. The number of benzene rings is 12. The maximum absolute atomic E-state index is 5.55. The van der Waals surface area contributed by atoms with Crippen LogP contribution in [0.3, 0.4) is 0 Å². The van der Waals surface area contributed by atoms with Gasteiger partial charge in [0.25, 0.3) is 6.71 Å². The number of nitrogens with zero attached hydrogens (tertiary/aromatic N) is 8. The number of aromatic nitrogens is 6. The molecule has 17 rings (SSSR count). The van der Waals surface area contributed by atoms with E-state index >= 15 is 0 Å². The molecule has 0 unspecified atom stereocenters. The summed E-state index contributed by atoms with van der Waals surface area (Å²) in [5, 5.41) is 2.35. The van der Waals surface area contributed by atoms with Crippen molar-refractivity contribution < 1.29 is 0 Å². The Kier molecular flexibility index (Phi) is 12.6. The van der Waals surface area contributed by atoms with E-state index in [2.05, 4.69) is 271 Å². The lowest BCUT2D eigenvalue weighted by molar-refractivity contribution is 1.06. The Labute approximate surface area is 522 Å². The first-order chi connectivity index (χ1) is 44.4. The van der Waals surface area contributed by atoms with Crippen molar-refractivity contribution in [3.63, 3.8) is 0 Å². The first-order valence-electron chi connectivity index (χ1n) is 30.6. The molecular weight excluding hydrogens is 1100 g/mol. The van der Waals surface area contributed by atoms with E-state index in [1.54, 1.807) is 0 Å². The van der Waals surface area contributed by atoms with Crippen LogP contribution < -0.4 is 26.2 Å². The summed E-state index contributed by atoms with van der Waals surface area (Å²) in [6.45, 7) is 4.38. The molecule has 0 aliphatic carbocycles. The third-order valence-corrected chi connectivity index (χ3v) is 17.7. The van der Waals surface area contributed by atoms with Crippen molar-refractivity contribution in [1.29, 1.82) is 0 Å². The fourth-order valence-electron chi connectivity index (χ4n) is 13.6. The van der Waals surface area contributed by atoms with Gasteiger partial charge in [0.05, 0.1) is 28.1 Å². The van der Waals surface area contributed by atoms with Gasteiger partial charge >= 0.3 is 0 Å². The van der Waals surface area contributed by atoms with Crippen LogP contribution in [0, 0.1) is 13.8 Å². The molecule has 5 heterocycles. The highest BCUT2D eigenvalue weighted by molar-refractivity contribution is 7.00. The second-order valence-corrected chi connectivity index (χ2v) is 23.4. The molecular formula is C81H55BN8. The molecule has 2 aliphatic rings. The SMILES string of the molecule is Cc1ccc2c(c1)c1cc(C)ccc1n2-c1ccc(-c2nc(-c3ccccc3)cc(-c3ccccc3)n2)cc1-c1nc(-c2ccccc2)nc(-c2cccc(-c3ccc(N4c5ccccc5B5c6ccccc6N(c6ccccc6)c6cccc4c65)cc3)c2)n1. The van der Waals surface area contributed by atoms with Gasteiger partial charge in [0.1, 0.15) is 0 Å². The molecule has 0 fully saturated rings. The Morgan fingerprint density at radius 1 is 0.278 bits per heavy atom. The number of anilines is 6. The molecule has 0 saturated heterocycles. The summed E-state index contributed by atoms with van der Waals surface area (Å²) < 4.78 is 2.36. The topological polar surface area (TPSA) is 75.9 Å². The molecule has 0 amide bonds. The third kappa shape index (κ3) is 8.97. The van der Waals surface area contributed by atoms with Crippen LogP contribution in [0.4, 0.5) is 34.1 Å². The molecule has 0 atom stereocenters. The largest absolute Gasteiger partial charge is 0.311 e. The lowest BCUT2D eigenvalue weighted by atomic mass is 9.33. The Morgan fingerprint density at radius 3 is 1.30 bits per heavy atom. The van der Waals surface area contributed by atoms with Gasteiger partial charge in [-0.3, -0.25) is 0 Å². The molecule has 9 heteroatoms. The fraction of sp³-hybridized carbons (Fsp3) is 0.0247. The Balaban J connectivity index is 0.812. The van der Waals surface area contributed by atoms with Gasteiger partial charge in [-0.15, -0.1) is 0 Å². The molecule has 0 bridgehead atoms. The summed E-state index contributed by atoms with van der Waals surface area (Å²) in [5.41, 5.74) is 25.4. The van der Waals surface area contributed by atoms with Gasteiger partial charge in [0.2, 0.25) is 0 Å². The van der Waals surface area contributed by atoms with Crippen molar-refractivity contribution in [2.75, 3.05) is 9.80 Å². The standard InChI is InChI=1S/C81H55BN8/c1-52-37-44-70-63(47-52)64-48-53(2)38-45-71(64)90(70)72-46-41-60(79-83-68(55-21-7-3-8-22-55)51-69(84-79)56-23-9-4-10-24-56)50-65(72)81-86-78(57-25-11-5-12-26-57)85-80(87-81)59-28-19-27-58(49-59)54-39-42-62(43-40-54)89-74-34-18-16-32-67(74)82-66-31-15-17-33-73(66)88(61-29-13-6-14-30-61)75-35-20-36-76(89)77(75)82/h3-51H,1-2H3. The average Bonchev–Trinajstić information content (AvgIpc) is 0.740. The molecule has 0 spiro atoms. The van der Waals surface area contributed by atoms with Gasteiger partial charge in [-0.05, 0) is 144 Å². The monoisotopic (exact) mass is 1150 g/mol. The highest BCUT2D eigenvalue weighted by Gasteiger charge is 2.43. The predicted molar refractivity (Wildman–Crippen MR) is 371 cm³/mol. The van der Waals surface area contributed by atoms with Crippen LogP contribution >= 0.6 is 0 Å². The van der Waals surface area contributed by atoms with E-state index in [4.69, 9.17) is 24.9 Å². The van der Waals surface area contributed by atoms with Gasteiger partial charge in [-0.25, -0.2) is 24.9 Å². The molecule has 3 aromatic heterocycles. The van der Waals surface area contributed by atoms with Crippen LogP contribution in [0.15, 0.2) is 297 Å². The van der Waals surface area contributed by atoms with E-state index in [0.29, 0.717) is 23.3 Å². The summed E-state index contributed by atoms with van der Waals surface area (Å²) in [7, 11) is 0. The second-order valence-electron chi connectivity index (χ2n) is 23.4. The number of fused-ring (bicyclic) bond motifs is 7. The van der Waals surface area contributed by atoms with Crippen LogP contribution in [0.25, 0.3) is 107 Å². The molecule has 0 radical (unpaired) electrons. The maximum Gasteiger partial charge on any atom is 0.252 e. The van der Waals surface area contributed by atoms with Gasteiger partial charge in [-0.2, -0.15) is 0 Å². The molecule has 15 aromatic rings. The minimum Gasteiger partial charge on any atom is -0.311 e. The van der Waals surface area contributed by atoms with Crippen molar-refractivity contribution >= 4 is 79.0 Å². The van der Waals surface area contributed by atoms with Crippen molar-refractivity contribution in [2.24, 2.45) is 0 Å². The van der Waals surface area contributed by atoms with E-state index in [1.807, 2.05) is 54.6 Å². The van der Waals surface area contributed by atoms with Crippen LogP contribution in [0.2, 0.25) is 0 Å². The maximum atomic E-state index is 5.55. The zero-order chi connectivity index (χ0) is 59.8. The molecule has 422 valence electrons. The Hall–Kier alpha value is -11.8. The number of rotatable bonds is 10. The number of para-hydroxylation sites is 3. The van der Waals surface area contributed by atoms with Gasteiger partial charge in [-0.1, -0.05) is 205 Å². The van der Waals surface area contributed by atoms with Crippen LogP contribution in [0.1, 0.15) is 11.1 Å². The molecule has 0 saturated carbocycles. The normalized spacial score (nSPS) is 12.3. The first kappa shape index (κ1) is 52.5. The van der Waals surface area contributed by atoms with E-state index < -0.39 is 0 Å². The molecule has 0 N–H and O–H groups in total. The fourth-order valence-corrected chi connectivity index (χ4v) is 13.6. The third-order valence-electron chi connectivity index (χ3n) is 17.7. The lowest BCUT2D eigenvalue weighted by Crippen LogP contribution is -2.61. The van der Waals surface area contributed by atoms with E-state index in [0.717, 1.165) is 84.0 Å². The Morgan fingerprint density at radius 2 is 0.711 bits per heavy atom. The summed E-state index contributed by atoms with van der Waals surface area (Å²) in [5.74, 6) is 2.22. The van der Waals surface area contributed by atoms with Gasteiger partial charge < -0.3 is 14.4 Å². The molecule has 2 aliphatic heterocycles. The highest BCUT2D eigenvalue weighted by atomic mass is 15.2. The van der Waals surface area contributed by atoms with Crippen molar-refractivity contribution in [3.8, 4) is 84.9 Å². The Bertz CT molecular complexity index is 5170. The number of aryl methyl sites for hydroxylation is 2. The van der Waals surface area contributed by atoms with Gasteiger partial charge in [0.15, 0.2) is 23.3 Å². The smallest absolute Gasteiger partial charge is 0.252 e. The van der Waals surface area contributed by atoms with Crippen molar-refractivity contribution in [1.82, 2.24) is 29.5 Å². The zero-order valence-corrected chi connectivity index (χ0v) is 49.4. The minimum atomic E-state index is 0.0668. The van der Waals surface area contributed by atoms with E-state index in [-0.39, 0.29) is 6.71 Å². The predicted octanol–water partition coefficient (Wildman–Crippen LogP) is 18.1. The molecule has 12 aromatic carbocycles. The van der Waals surface area contributed by atoms with E-state index in [9.17, 15) is 0 Å². The van der Waals surface area contributed by atoms with Crippen molar-refractivity contribution in [3.05, 3.63) is 308 Å². The average molecular weight is 1150 g/mol. The summed E-state index contributed by atoms with van der Waals surface area (Å²) in [6.07, 6.45) is 0. The minimum absolute atomic E-state index is 0.0668. The van der Waals surface area contributed by atoms with Crippen LogP contribution in [0.5, 0.6) is 0 Å². The van der Waals surface area contributed by atoms with Crippen LogP contribution in [-0.4, -0.2) is 36.2 Å².